The zero-order chi connectivity index (χ0) is 21.5. The zero-order valence-electron chi connectivity index (χ0n) is 16.5. The third-order valence-electron chi connectivity index (χ3n) is 5.69. The highest BCUT2D eigenvalue weighted by atomic mass is 32.1. The lowest BCUT2D eigenvalue weighted by Gasteiger charge is -2.35. The van der Waals surface area contributed by atoms with Crippen LogP contribution in [0.15, 0.2) is 36.5 Å². The van der Waals surface area contributed by atoms with Gasteiger partial charge in [-0.25, -0.2) is 18.7 Å². The molecule has 2 aliphatic rings. The van der Waals surface area contributed by atoms with Crippen LogP contribution in [0.1, 0.15) is 6.42 Å². The Morgan fingerprint density at radius 3 is 2.68 bits per heavy atom. The molecule has 1 unspecified atom stereocenters. The van der Waals surface area contributed by atoms with Crippen LogP contribution in [-0.4, -0.2) is 59.4 Å². The molecule has 7 nitrogen and oxygen atoms in total. The van der Waals surface area contributed by atoms with Gasteiger partial charge in [0.05, 0.1) is 11.6 Å². The summed E-state index contributed by atoms with van der Waals surface area (Å²) in [5.74, 6) is -2.48. The third kappa shape index (κ3) is 3.71. The number of carbonyl (C=O) groups excluding carboxylic acids is 2. The number of pyridine rings is 1. The normalized spacial score (nSPS) is 19.5. The third-order valence-corrected chi connectivity index (χ3v) is 6.73. The molecule has 160 valence electrons. The van der Waals surface area contributed by atoms with Crippen LogP contribution < -0.4 is 9.80 Å². The minimum atomic E-state index is -0.805. The number of benzene rings is 1. The highest BCUT2D eigenvalue weighted by Crippen LogP contribution is 2.30. The van der Waals surface area contributed by atoms with Gasteiger partial charge in [-0.15, -0.1) is 0 Å². The number of aromatic nitrogens is 2. The van der Waals surface area contributed by atoms with Crippen LogP contribution in [-0.2, 0) is 9.59 Å². The molecule has 5 rings (SSSR count). The minimum absolute atomic E-state index is 0.0102. The van der Waals surface area contributed by atoms with E-state index in [2.05, 4.69) is 14.9 Å². The van der Waals surface area contributed by atoms with E-state index in [0.717, 1.165) is 27.6 Å². The molecule has 0 N–H and O–H groups in total. The number of fused-ring (bicyclic) bond motifs is 1. The Balaban J connectivity index is 1.23. The molecule has 2 aromatic heterocycles. The number of carbonyl (C=O) groups is 2. The maximum absolute atomic E-state index is 14.1. The van der Waals surface area contributed by atoms with Crippen molar-refractivity contribution in [3.63, 3.8) is 0 Å². The van der Waals surface area contributed by atoms with Gasteiger partial charge in [-0.1, -0.05) is 11.3 Å². The van der Waals surface area contributed by atoms with Gasteiger partial charge >= 0.3 is 0 Å². The highest BCUT2D eigenvalue weighted by Gasteiger charge is 2.39. The van der Waals surface area contributed by atoms with Gasteiger partial charge in [-0.3, -0.25) is 9.59 Å². The van der Waals surface area contributed by atoms with Crippen LogP contribution in [0, 0.1) is 17.6 Å². The first kappa shape index (κ1) is 19.8. The molecule has 0 radical (unpaired) electrons. The maximum atomic E-state index is 14.1. The molecule has 10 heteroatoms. The first-order valence-electron chi connectivity index (χ1n) is 10.0. The van der Waals surface area contributed by atoms with Crippen molar-refractivity contribution in [3.8, 4) is 0 Å². The topological polar surface area (TPSA) is 69.6 Å². The van der Waals surface area contributed by atoms with Crippen molar-refractivity contribution in [2.75, 3.05) is 42.5 Å². The van der Waals surface area contributed by atoms with Gasteiger partial charge in [-0.05, 0) is 24.3 Å². The van der Waals surface area contributed by atoms with Crippen LogP contribution in [0.3, 0.4) is 0 Å². The number of anilines is 2. The van der Waals surface area contributed by atoms with Gasteiger partial charge in [0.1, 0.15) is 22.0 Å². The largest absolute Gasteiger partial charge is 0.344 e. The van der Waals surface area contributed by atoms with Gasteiger partial charge in [0, 0.05) is 51.4 Å². The molecule has 3 aromatic rings. The second kappa shape index (κ2) is 7.84. The Morgan fingerprint density at radius 1 is 1.13 bits per heavy atom. The first-order valence-corrected chi connectivity index (χ1v) is 10.8. The number of thiazole rings is 1. The molecule has 0 aliphatic carbocycles. The Bertz CT molecular complexity index is 1130. The smallest absolute Gasteiger partial charge is 0.228 e. The second-order valence-electron chi connectivity index (χ2n) is 7.64. The summed E-state index contributed by atoms with van der Waals surface area (Å²) in [6.07, 6.45) is 1.77. The van der Waals surface area contributed by atoms with Crippen molar-refractivity contribution in [2.24, 2.45) is 5.92 Å². The summed E-state index contributed by atoms with van der Waals surface area (Å²) in [5, 5.41) is 0.884. The van der Waals surface area contributed by atoms with E-state index in [9.17, 15) is 18.4 Å². The summed E-state index contributed by atoms with van der Waals surface area (Å²) < 4.78 is 27.3. The van der Waals surface area contributed by atoms with E-state index in [1.807, 2.05) is 12.1 Å². The number of rotatable bonds is 3. The van der Waals surface area contributed by atoms with E-state index >= 15 is 0 Å². The number of amides is 2. The van der Waals surface area contributed by atoms with Gasteiger partial charge in [-0.2, -0.15) is 0 Å². The lowest BCUT2D eigenvalue weighted by Crippen LogP contribution is -2.50. The maximum Gasteiger partial charge on any atom is 0.228 e. The Kier molecular flexibility index (Phi) is 5.01. The molecule has 4 heterocycles. The van der Waals surface area contributed by atoms with Gasteiger partial charge in [0.2, 0.25) is 11.8 Å². The van der Waals surface area contributed by atoms with Crippen molar-refractivity contribution in [1.82, 2.24) is 14.9 Å². The summed E-state index contributed by atoms with van der Waals surface area (Å²) in [4.78, 5) is 40.4. The van der Waals surface area contributed by atoms with Crippen LogP contribution in [0.4, 0.5) is 19.6 Å². The van der Waals surface area contributed by atoms with E-state index in [1.54, 1.807) is 11.1 Å². The van der Waals surface area contributed by atoms with E-state index in [4.69, 9.17) is 0 Å². The number of hydrogen-bond donors (Lipinski definition) is 0. The van der Waals surface area contributed by atoms with E-state index in [-0.39, 0.29) is 30.5 Å². The predicted octanol–water partition coefficient (Wildman–Crippen LogP) is 2.67. The average Bonchev–Trinajstić information content (AvgIpc) is 3.37. The van der Waals surface area contributed by atoms with Crippen LogP contribution in [0.5, 0.6) is 0 Å². The number of hydrogen-bond acceptors (Lipinski definition) is 6. The Labute approximate surface area is 180 Å². The average molecular weight is 443 g/mol. The lowest BCUT2D eigenvalue weighted by molar-refractivity contribution is -0.136. The van der Waals surface area contributed by atoms with Gasteiger partial charge in [0.25, 0.3) is 0 Å². The fraction of sp³-hybridized carbons (Fsp3) is 0.333. The standard InChI is InChI=1S/C21H19F2N5O2S/c22-14-3-4-17(15(23)11-14)28-12-13(10-18(28)29)20(30)26-6-8-27(9-7-26)21-25-16-2-1-5-24-19(16)31-21/h1-5,11,13H,6-10,12H2. The number of nitrogens with zero attached hydrogens (tertiary/aromatic N) is 5. The minimum Gasteiger partial charge on any atom is -0.344 e. The fourth-order valence-corrected chi connectivity index (χ4v) is 5.04. The summed E-state index contributed by atoms with van der Waals surface area (Å²) in [5.41, 5.74) is 0.870. The van der Waals surface area contributed by atoms with Crippen molar-refractivity contribution < 1.29 is 18.4 Å². The molecule has 1 aromatic carbocycles. The molecule has 0 spiro atoms. The molecule has 0 bridgehead atoms. The quantitative estimate of drug-likeness (QED) is 0.623. The van der Waals surface area contributed by atoms with Crippen molar-refractivity contribution >= 4 is 44.3 Å². The summed E-state index contributed by atoms with van der Waals surface area (Å²) in [7, 11) is 0. The highest BCUT2D eigenvalue weighted by molar-refractivity contribution is 7.21. The molecule has 31 heavy (non-hydrogen) atoms. The van der Waals surface area contributed by atoms with Crippen molar-refractivity contribution in [2.45, 2.75) is 6.42 Å². The number of piperazine rings is 1. The molecule has 2 amide bonds. The number of halogens is 2. The summed E-state index contributed by atoms with van der Waals surface area (Å²) in [6, 6.07) is 6.87. The van der Waals surface area contributed by atoms with Crippen LogP contribution >= 0.6 is 11.3 Å². The molecule has 2 fully saturated rings. The molecular formula is C21H19F2N5O2S. The van der Waals surface area contributed by atoms with E-state index in [0.29, 0.717) is 26.2 Å². The SMILES string of the molecule is O=C(C1CC(=O)N(c2ccc(F)cc2F)C1)N1CCN(c2nc3cccnc3s2)CC1. The van der Waals surface area contributed by atoms with Crippen LogP contribution in [0.2, 0.25) is 0 Å². The zero-order valence-corrected chi connectivity index (χ0v) is 17.3. The lowest BCUT2D eigenvalue weighted by atomic mass is 10.1. The molecular weight excluding hydrogens is 424 g/mol. The van der Waals surface area contributed by atoms with Crippen molar-refractivity contribution in [1.29, 1.82) is 0 Å². The molecule has 0 saturated carbocycles. The first-order chi connectivity index (χ1) is 15.0. The molecule has 2 aliphatic heterocycles. The summed E-state index contributed by atoms with van der Waals surface area (Å²) >= 11 is 1.53. The predicted molar refractivity (Wildman–Crippen MR) is 113 cm³/mol. The Morgan fingerprint density at radius 2 is 1.94 bits per heavy atom. The Hall–Kier alpha value is -3.14. The van der Waals surface area contributed by atoms with Crippen molar-refractivity contribution in [3.05, 3.63) is 48.2 Å². The molecule has 2 saturated heterocycles. The molecule has 1 atom stereocenters. The van der Waals surface area contributed by atoms with Gasteiger partial charge < -0.3 is 14.7 Å². The second-order valence-corrected chi connectivity index (χ2v) is 8.59. The fourth-order valence-electron chi connectivity index (χ4n) is 4.08. The van der Waals surface area contributed by atoms with Crippen LogP contribution in [0.25, 0.3) is 10.3 Å². The van der Waals surface area contributed by atoms with E-state index in [1.165, 1.54) is 22.3 Å². The summed E-state index contributed by atoms with van der Waals surface area (Å²) in [6.45, 7) is 2.44. The monoisotopic (exact) mass is 443 g/mol. The van der Waals surface area contributed by atoms with E-state index < -0.39 is 17.6 Å². The van der Waals surface area contributed by atoms with Gasteiger partial charge in [0.15, 0.2) is 5.13 Å².